The Morgan fingerprint density at radius 1 is 1.37 bits per heavy atom. The minimum atomic E-state index is 0.586. The fourth-order valence-corrected chi connectivity index (χ4v) is 3.35. The van der Waals surface area contributed by atoms with Gasteiger partial charge in [-0.05, 0) is 25.6 Å². The van der Waals surface area contributed by atoms with E-state index in [1.165, 1.54) is 11.8 Å². The average Bonchev–Trinajstić information content (AvgIpc) is 2.99. The number of nitrogens with one attached hydrogen (secondary N) is 2. The molecular weight excluding hydrogens is 282 g/mol. The van der Waals surface area contributed by atoms with Crippen molar-refractivity contribution in [2.75, 3.05) is 11.9 Å². The molecule has 0 amide bonds. The molecule has 3 aromatic rings. The Morgan fingerprint density at radius 3 is 3.00 bits per heavy atom. The van der Waals surface area contributed by atoms with Crippen LogP contribution < -0.4 is 5.32 Å². The Balaban J connectivity index is 2.02. The fraction of sp³-hybridized carbons (Fsp3) is 0.300. The van der Waals surface area contributed by atoms with Crippen LogP contribution in [0, 0.1) is 6.92 Å². The van der Waals surface area contributed by atoms with E-state index in [9.17, 15) is 0 Å². The molecule has 0 bridgehead atoms. The minimum absolute atomic E-state index is 0.586. The number of hydrogen-bond acceptors (Lipinski definition) is 8. The maximum Gasteiger partial charge on any atom is 0.225 e. The van der Waals surface area contributed by atoms with Crippen molar-refractivity contribution < 1.29 is 0 Å². The number of fused-ring (bicyclic) bond motifs is 1. The molecule has 9 heteroatoms. The number of nitrogens with zero attached hydrogens (tertiary/aromatic N) is 5. The fourth-order valence-electron chi connectivity index (χ4n) is 1.53. The van der Waals surface area contributed by atoms with Crippen LogP contribution in [0.5, 0.6) is 0 Å². The second kappa shape index (κ2) is 5.10. The monoisotopic (exact) mass is 293 g/mol. The highest BCUT2D eigenvalue weighted by Gasteiger charge is 2.12. The molecule has 7 nitrogen and oxygen atoms in total. The van der Waals surface area contributed by atoms with Gasteiger partial charge in [0.25, 0.3) is 0 Å². The molecule has 0 saturated carbocycles. The van der Waals surface area contributed by atoms with Gasteiger partial charge in [-0.2, -0.15) is 10.1 Å². The van der Waals surface area contributed by atoms with Gasteiger partial charge in [-0.3, -0.25) is 5.10 Å². The standard InChI is InChI=1S/C10H11N7S2/c1-3-11-9-13-7-6(4-12-16-7)8(14-9)19-10-17-15-5(2)18-10/h4H,3H2,1-2H3,(H2,11,12,13,14,16). The lowest BCUT2D eigenvalue weighted by atomic mass is 10.4. The summed E-state index contributed by atoms with van der Waals surface area (Å²) in [7, 11) is 0. The Kier molecular flexibility index (Phi) is 3.30. The lowest BCUT2D eigenvalue weighted by Gasteiger charge is -2.04. The van der Waals surface area contributed by atoms with Crippen LogP contribution in [-0.2, 0) is 0 Å². The van der Waals surface area contributed by atoms with Crippen LogP contribution in [0.4, 0.5) is 5.95 Å². The molecule has 0 saturated heterocycles. The van der Waals surface area contributed by atoms with Gasteiger partial charge in [-0.25, -0.2) is 4.98 Å². The Bertz CT molecular complexity index is 705. The van der Waals surface area contributed by atoms with Gasteiger partial charge in [0.05, 0.1) is 11.6 Å². The van der Waals surface area contributed by atoms with Crippen LogP contribution in [0.1, 0.15) is 11.9 Å². The van der Waals surface area contributed by atoms with Gasteiger partial charge in [0, 0.05) is 6.54 Å². The first-order chi connectivity index (χ1) is 9.26. The molecule has 3 aromatic heterocycles. The molecule has 0 unspecified atom stereocenters. The van der Waals surface area contributed by atoms with E-state index in [4.69, 9.17) is 0 Å². The molecule has 19 heavy (non-hydrogen) atoms. The van der Waals surface area contributed by atoms with Gasteiger partial charge < -0.3 is 5.32 Å². The zero-order valence-corrected chi connectivity index (χ0v) is 12.0. The highest BCUT2D eigenvalue weighted by Crippen LogP contribution is 2.33. The van der Waals surface area contributed by atoms with E-state index in [0.717, 1.165) is 32.0 Å². The van der Waals surface area contributed by atoms with Crippen molar-refractivity contribution >= 4 is 40.1 Å². The van der Waals surface area contributed by atoms with Crippen molar-refractivity contribution in [2.24, 2.45) is 0 Å². The van der Waals surface area contributed by atoms with Crippen LogP contribution in [0.15, 0.2) is 15.6 Å². The van der Waals surface area contributed by atoms with Crippen LogP contribution >= 0.6 is 23.1 Å². The van der Waals surface area contributed by atoms with Crippen molar-refractivity contribution in [2.45, 2.75) is 23.2 Å². The summed E-state index contributed by atoms with van der Waals surface area (Å²) in [6.07, 6.45) is 1.72. The molecule has 0 fully saturated rings. The number of anilines is 1. The lowest BCUT2D eigenvalue weighted by Crippen LogP contribution is -2.02. The van der Waals surface area contributed by atoms with Crippen molar-refractivity contribution in [1.82, 2.24) is 30.4 Å². The van der Waals surface area contributed by atoms with E-state index in [1.807, 2.05) is 13.8 Å². The summed E-state index contributed by atoms with van der Waals surface area (Å²) < 4.78 is 0.862. The molecule has 0 aromatic carbocycles. The van der Waals surface area contributed by atoms with Crippen LogP contribution in [0.3, 0.4) is 0 Å². The smallest absolute Gasteiger partial charge is 0.225 e. The molecule has 3 rings (SSSR count). The van der Waals surface area contributed by atoms with Gasteiger partial charge in [0.1, 0.15) is 10.0 Å². The highest BCUT2D eigenvalue weighted by molar-refractivity contribution is 8.01. The second-order valence-electron chi connectivity index (χ2n) is 3.70. The number of H-pyrrole nitrogens is 1. The predicted molar refractivity (Wildman–Crippen MR) is 74.6 cm³/mol. The minimum Gasteiger partial charge on any atom is -0.354 e. The third kappa shape index (κ3) is 2.51. The third-order valence-corrected chi connectivity index (χ3v) is 4.20. The number of aromatic nitrogens is 6. The van der Waals surface area contributed by atoms with Gasteiger partial charge >= 0.3 is 0 Å². The van der Waals surface area contributed by atoms with E-state index in [0.29, 0.717) is 5.95 Å². The van der Waals surface area contributed by atoms with Crippen LogP contribution in [0.2, 0.25) is 0 Å². The van der Waals surface area contributed by atoms with Crippen molar-refractivity contribution in [3.63, 3.8) is 0 Å². The summed E-state index contributed by atoms with van der Waals surface area (Å²) in [5.41, 5.74) is 0.717. The van der Waals surface area contributed by atoms with Gasteiger partial charge in [-0.15, -0.1) is 10.2 Å². The summed E-state index contributed by atoms with van der Waals surface area (Å²) >= 11 is 3.02. The molecule has 2 N–H and O–H groups in total. The number of aryl methyl sites for hydroxylation is 1. The number of hydrogen-bond donors (Lipinski definition) is 2. The lowest BCUT2D eigenvalue weighted by molar-refractivity contribution is 0.979. The molecule has 0 aliphatic carbocycles. The Labute approximate surface area is 117 Å². The zero-order valence-electron chi connectivity index (χ0n) is 10.3. The van der Waals surface area contributed by atoms with Gasteiger partial charge in [0.15, 0.2) is 9.99 Å². The number of rotatable bonds is 4. The molecule has 0 aliphatic rings. The normalized spacial score (nSPS) is 11.1. The van der Waals surface area contributed by atoms with E-state index in [2.05, 4.69) is 35.7 Å². The van der Waals surface area contributed by atoms with Crippen molar-refractivity contribution in [3.05, 3.63) is 11.2 Å². The Hall–Kier alpha value is -1.74. The molecule has 0 radical (unpaired) electrons. The quantitative estimate of drug-likeness (QED) is 0.711. The largest absolute Gasteiger partial charge is 0.354 e. The summed E-state index contributed by atoms with van der Waals surface area (Å²) in [5, 5.41) is 20.7. The second-order valence-corrected chi connectivity index (χ2v) is 6.12. The highest BCUT2D eigenvalue weighted by atomic mass is 32.2. The van der Waals surface area contributed by atoms with E-state index in [1.54, 1.807) is 17.5 Å². The molecular formula is C10H11N7S2. The zero-order chi connectivity index (χ0) is 13.2. The van der Waals surface area contributed by atoms with Crippen LogP contribution in [-0.4, -0.2) is 36.9 Å². The third-order valence-electron chi connectivity index (χ3n) is 2.30. The maximum absolute atomic E-state index is 4.49. The van der Waals surface area contributed by atoms with E-state index < -0.39 is 0 Å². The predicted octanol–water partition coefficient (Wildman–Crippen LogP) is 2.10. The van der Waals surface area contributed by atoms with Gasteiger partial charge in [-0.1, -0.05) is 11.3 Å². The first kappa shape index (κ1) is 12.3. The first-order valence-electron chi connectivity index (χ1n) is 5.69. The van der Waals surface area contributed by atoms with Crippen LogP contribution in [0.25, 0.3) is 11.0 Å². The average molecular weight is 293 g/mol. The van der Waals surface area contributed by atoms with Crippen molar-refractivity contribution in [1.29, 1.82) is 0 Å². The van der Waals surface area contributed by atoms with Crippen molar-refractivity contribution in [3.8, 4) is 0 Å². The SMILES string of the molecule is CCNc1nc(Sc2nnc(C)s2)c2cn[nH]c2n1. The van der Waals surface area contributed by atoms with E-state index in [-0.39, 0.29) is 0 Å². The summed E-state index contributed by atoms with van der Waals surface area (Å²) in [6, 6.07) is 0. The summed E-state index contributed by atoms with van der Waals surface area (Å²) in [4.78, 5) is 8.83. The molecule has 0 aliphatic heterocycles. The van der Waals surface area contributed by atoms with E-state index >= 15 is 0 Å². The summed E-state index contributed by atoms with van der Waals surface area (Å²) in [5.74, 6) is 0.586. The van der Waals surface area contributed by atoms with Gasteiger partial charge in [0.2, 0.25) is 5.95 Å². The maximum atomic E-state index is 4.49. The first-order valence-corrected chi connectivity index (χ1v) is 7.32. The molecule has 0 spiro atoms. The Morgan fingerprint density at radius 2 is 2.26 bits per heavy atom. The molecule has 0 atom stereocenters. The topological polar surface area (TPSA) is 92.3 Å². The summed E-state index contributed by atoms with van der Waals surface area (Å²) in [6.45, 7) is 4.70. The number of aromatic amines is 1. The molecule has 3 heterocycles. The molecule has 98 valence electrons.